The summed E-state index contributed by atoms with van der Waals surface area (Å²) in [5.74, 6) is 0.997. The summed E-state index contributed by atoms with van der Waals surface area (Å²) in [5.41, 5.74) is 6.34. The van der Waals surface area contributed by atoms with Crippen molar-refractivity contribution in [1.82, 2.24) is 19.4 Å². The topological polar surface area (TPSA) is 34.0 Å². The van der Waals surface area contributed by atoms with Gasteiger partial charge in [0, 0.05) is 50.1 Å². The van der Waals surface area contributed by atoms with Crippen molar-refractivity contribution in [3.05, 3.63) is 114 Å². The second-order valence-corrected chi connectivity index (χ2v) is 7.50. The molecule has 0 aliphatic rings. The summed E-state index contributed by atoms with van der Waals surface area (Å²) in [5, 5.41) is 0. The van der Waals surface area contributed by atoms with Crippen molar-refractivity contribution in [3.8, 4) is 5.69 Å². The lowest BCUT2D eigenvalue weighted by Gasteiger charge is -2.23. The van der Waals surface area contributed by atoms with E-state index in [0.29, 0.717) is 0 Å². The molecule has 146 valence electrons. The number of pyridine rings is 1. The van der Waals surface area contributed by atoms with Crippen molar-refractivity contribution in [3.63, 3.8) is 0 Å². The standard InChI is InChI=1S/C25H26N4/c1-20-3-5-22(6-4-20)17-28(19-24-11-13-26-14-12-24)18-23-7-9-25(10-8-23)29-16-15-27-21(29)2/h3-16H,17-19H2,1-2H3. The molecular weight excluding hydrogens is 356 g/mol. The minimum absolute atomic E-state index is 0.888. The lowest BCUT2D eigenvalue weighted by Crippen LogP contribution is -2.22. The number of aryl methyl sites for hydroxylation is 2. The van der Waals surface area contributed by atoms with E-state index in [0.717, 1.165) is 31.1 Å². The van der Waals surface area contributed by atoms with Gasteiger partial charge >= 0.3 is 0 Å². The van der Waals surface area contributed by atoms with Crippen LogP contribution in [-0.4, -0.2) is 19.4 Å². The summed E-state index contributed by atoms with van der Waals surface area (Å²) < 4.78 is 2.10. The van der Waals surface area contributed by atoms with Gasteiger partial charge in [-0.05, 0) is 54.8 Å². The summed E-state index contributed by atoms with van der Waals surface area (Å²) in [6.07, 6.45) is 7.56. The normalized spacial score (nSPS) is 11.1. The molecule has 2 heterocycles. The van der Waals surface area contributed by atoms with Crippen LogP contribution < -0.4 is 0 Å². The first kappa shape index (κ1) is 19.1. The van der Waals surface area contributed by atoms with E-state index in [4.69, 9.17) is 0 Å². The van der Waals surface area contributed by atoms with Crippen LogP contribution in [0.1, 0.15) is 28.1 Å². The zero-order chi connectivity index (χ0) is 20.1. The average molecular weight is 383 g/mol. The van der Waals surface area contributed by atoms with Gasteiger partial charge in [0.15, 0.2) is 0 Å². The molecule has 4 rings (SSSR count). The van der Waals surface area contributed by atoms with Crippen LogP contribution in [0.5, 0.6) is 0 Å². The van der Waals surface area contributed by atoms with Crippen molar-refractivity contribution in [1.29, 1.82) is 0 Å². The largest absolute Gasteiger partial charge is 0.304 e. The van der Waals surface area contributed by atoms with Crippen molar-refractivity contribution in [2.24, 2.45) is 0 Å². The first-order valence-electron chi connectivity index (χ1n) is 9.93. The third kappa shape index (κ3) is 4.98. The highest BCUT2D eigenvalue weighted by molar-refractivity contribution is 5.36. The number of hydrogen-bond donors (Lipinski definition) is 0. The number of rotatable bonds is 7. The Labute approximate surface area is 172 Å². The molecule has 29 heavy (non-hydrogen) atoms. The first-order valence-corrected chi connectivity index (χ1v) is 9.93. The number of benzene rings is 2. The zero-order valence-corrected chi connectivity index (χ0v) is 17.0. The predicted molar refractivity (Wildman–Crippen MR) is 117 cm³/mol. The molecule has 2 aromatic heterocycles. The van der Waals surface area contributed by atoms with Crippen LogP contribution in [0.3, 0.4) is 0 Å². The molecule has 4 nitrogen and oxygen atoms in total. The Hall–Kier alpha value is -3.24. The van der Waals surface area contributed by atoms with Gasteiger partial charge in [0.1, 0.15) is 5.82 Å². The molecule has 0 amide bonds. The predicted octanol–water partition coefficient (Wildman–Crippen LogP) is 5.09. The molecule has 0 unspecified atom stereocenters. The lowest BCUT2D eigenvalue weighted by atomic mass is 10.1. The summed E-state index contributed by atoms with van der Waals surface area (Å²) in [4.78, 5) is 10.9. The second-order valence-electron chi connectivity index (χ2n) is 7.50. The van der Waals surface area contributed by atoms with E-state index < -0.39 is 0 Å². The Bertz CT molecular complexity index is 1030. The minimum atomic E-state index is 0.888. The van der Waals surface area contributed by atoms with E-state index in [1.165, 1.54) is 22.3 Å². The Morgan fingerprint density at radius 2 is 1.24 bits per heavy atom. The van der Waals surface area contributed by atoms with Crippen LogP contribution in [0.2, 0.25) is 0 Å². The molecule has 0 atom stereocenters. The van der Waals surface area contributed by atoms with E-state index in [1.54, 1.807) is 0 Å². The molecule has 0 fully saturated rings. The van der Waals surface area contributed by atoms with E-state index in [-0.39, 0.29) is 0 Å². The van der Waals surface area contributed by atoms with Crippen molar-refractivity contribution in [2.75, 3.05) is 0 Å². The van der Waals surface area contributed by atoms with Gasteiger partial charge in [-0.25, -0.2) is 4.98 Å². The Kier molecular flexibility index (Phi) is 5.82. The fourth-order valence-electron chi connectivity index (χ4n) is 3.54. The second kappa shape index (κ2) is 8.84. The monoisotopic (exact) mass is 382 g/mol. The maximum atomic E-state index is 4.31. The van der Waals surface area contributed by atoms with Crippen LogP contribution in [0.25, 0.3) is 5.69 Å². The van der Waals surface area contributed by atoms with Gasteiger partial charge < -0.3 is 4.57 Å². The molecule has 0 aliphatic carbocycles. The van der Waals surface area contributed by atoms with Gasteiger partial charge in [-0.1, -0.05) is 42.0 Å². The van der Waals surface area contributed by atoms with E-state index in [9.17, 15) is 0 Å². The molecule has 0 saturated heterocycles. The Morgan fingerprint density at radius 3 is 1.79 bits per heavy atom. The maximum absolute atomic E-state index is 4.31. The van der Waals surface area contributed by atoms with Crippen LogP contribution >= 0.6 is 0 Å². The number of nitrogens with zero attached hydrogens (tertiary/aromatic N) is 4. The number of imidazole rings is 1. The van der Waals surface area contributed by atoms with Gasteiger partial charge in [0.25, 0.3) is 0 Å². The smallest absolute Gasteiger partial charge is 0.110 e. The molecular formula is C25H26N4. The first-order chi connectivity index (χ1) is 14.2. The minimum Gasteiger partial charge on any atom is -0.304 e. The van der Waals surface area contributed by atoms with Crippen molar-refractivity contribution in [2.45, 2.75) is 33.5 Å². The SMILES string of the molecule is Cc1ccc(CN(Cc2ccncc2)Cc2ccc(-n3ccnc3C)cc2)cc1. The van der Waals surface area contributed by atoms with Crippen LogP contribution in [-0.2, 0) is 19.6 Å². The van der Waals surface area contributed by atoms with E-state index in [1.807, 2.05) is 31.7 Å². The van der Waals surface area contributed by atoms with Gasteiger partial charge in [0.05, 0.1) is 0 Å². The van der Waals surface area contributed by atoms with Crippen LogP contribution in [0, 0.1) is 13.8 Å². The molecule has 0 spiro atoms. The van der Waals surface area contributed by atoms with E-state index >= 15 is 0 Å². The molecule has 4 aromatic rings. The lowest BCUT2D eigenvalue weighted by molar-refractivity contribution is 0.247. The van der Waals surface area contributed by atoms with Gasteiger partial charge in [0.2, 0.25) is 0 Å². The third-order valence-corrected chi connectivity index (χ3v) is 5.13. The average Bonchev–Trinajstić information content (AvgIpc) is 3.17. The summed E-state index contributed by atoms with van der Waals surface area (Å²) in [7, 11) is 0. The van der Waals surface area contributed by atoms with Crippen molar-refractivity contribution < 1.29 is 0 Å². The van der Waals surface area contributed by atoms with Gasteiger partial charge in [-0.3, -0.25) is 9.88 Å². The van der Waals surface area contributed by atoms with Crippen LogP contribution in [0.15, 0.2) is 85.5 Å². The zero-order valence-electron chi connectivity index (χ0n) is 17.0. The number of hydrogen-bond acceptors (Lipinski definition) is 3. The molecule has 4 heteroatoms. The summed E-state index contributed by atoms with van der Waals surface area (Å²) in [6.45, 7) is 6.83. The van der Waals surface area contributed by atoms with Gasteiger partial charge in [-0.15, -0.1) is 0 Å². The third-order valence-electron chi connectivity index (χ3n) is 5.13. The molecule has 0 radical (unpaired) electrons. The Morgan fingerprint density at radius 1 is 0.690 bits per heavy atom. The Balaban J connectivity index is 1.52. The highest BCUT2D eigenvalue weighted by atomic mass is 15.1. The molecule has 0 aliphatic heterocycles. The summed E-state index contributed by atoms with van der Waals surface area (Å²) in [6, 6.07) is 21.7. The van der Waals surface area contributed by atoms with Crippen LogP contribution in [0.4, 0.5) is 0 Å². The molecule has 0 saturated carbocycles. The highest BCUT2D eigenvalue weighted by Crippen LogP contribution is 2.17. The van der Waals surface area contributed by atoms with Gasteiger partial charge in [-0.2, -0.15) is 0 Å². The summed E-state index contributed by atoms with van der Waals surface area (Å²) >= 11 is 0. The maximum Gasteiger partial charge on any atom is 0.110 e. The van der Waals surface area contributed by atoms with E-state index in [2.05, 4.69) is 87.0 Å². The van der Waals surface area contributed by atoms with Crippen molar-refractivity contribution >= 4 is 0 Å². The number of aromatic nitrogens is 3. The molecule has 0 N–H and O–H groups in total. The highest BCUT2D eigenvalue weighted by Gasteiger charge is 2.09. The quantitative estimate of drug-likeness (QED) is 0.447. The fourth-order valence-corrected chi connectivity index (χ4v) is 3.54. The fraction of sp³-hybridized carbons (Fsp3) is 0.200. The molecule has 2 aromatic carbocycles. The molecule has 0 bridgehead atoms.